The topological polar surface area (TPSA) is 58.4 Å². The number of amides is 1. The second kappa shape index (κ2) is 19.9. The van der Waals surface area contributed by atoms with E-state index in [1.807, 2.05) is 13.8 Å². The average Bonchev–Trinajstić information content (AvgIpc) is 2.22. The van der Waals surface area contributed by atoms with Gasteiger partial charge in [0.1, 0.15) is 0 Å². The Labute approximate surface area is 102 Å². The summed E-state index contributed by atoms with van der Waals surface area (Å²) in [6.07, 6.45) is 0. The van der Waals surface area contributed by atoms with Crippen LogP contribution in [0, 0.1) is 0 Å². The van der Waals surface area contributed by atoms with Gasteiger partial charge in [-0.15, -0.1) is 0 Å². The van der Waals surface area contributed by atoms with Crippen LogP contribution in [0.1, 0.15) is 41.5 Å². The maximum absolute atomic E-state index is 9.93. The van der Waals surface area contributed by atoms with Crippen molar-refractivity contribution in [2.75, 3.05) is 32.7 Å². The first kappa shape index (κ1) is 20.8. The number of hydrogen-bond acceptors (Lipinski definition) is 3. The van der Waals surface area contributed by atoms with Crippen molar-refractivity contribution in [1.29, 1.82) is 0 Å². The molecule has 0 aromatic heterocycles. The Morgan fingerprint density at radius 1 is 1.06 bits per heavy atom. The SMILES string of the molecule is CCN.CCN(CC)CC.CCNC(C)=O. The molecule has 0 heterocycles. The van der Waals surface area contributed by atoms with E-state index in [0.717, 1.165) is 13.1 Å². The quantitative estimate of drug-likeness (QED) is 0.773. The lowest BCUT2D eigenvalue weighted by Crippen LogP contribution is -2.21. The maximum atomic E-state index is 9.93. The average molecular weight is 233 g/mol. The van der Waals surface area contributed by atoms with E-state index >= 15 is 0 Å². The molecule has 0 saturated heterocycles. The van der Waals surface area contributed by atoms with Crippen molar-refractivity contribution in [3.8, 4) is 0 Å². The molecule has 0 fully saturated rings. The molecule has 0 rings (SSSR count). The number of carbonyl (C=O) groups is 1. The fourth-order valence-electron chi connectivity index (χ4n) is 0.920. The van der Waals surface area contributed by atoms with Gasteiger partial charge in [-0.1, -0.05) is 27.7 Å². The molecule has 16 heavy (non-hydrogen) atoms. The van der Waals surface area contributed by atoms with Crippen LogP contribution in [0.25, 0.3) is 0 Å². The van der Waals surface area contributed by atoms with Gasteiger partial charge in [-0.2, -0.15) is 0 Å². The molecule has 0 saturated carbocycles. The zero-order chi connectivity index (χ0) is 13.4. The number of rotatable bonds is 4. The molecule has 0 aliphatic heterocycles. The maximum Gasteiger partial charge on any atom is 0.216 e. The summed E-state index contributed by atoms with van der Waals surface area (Å²) < 4.78 is 0. The molecule has 0 aliphatic carbocycles. The normalized spacial score (nSPS) is 8.50. The smallest absolute Gasteiger partial charge is 0.216 e. The predicted molar refractivity (Wildman–Crippen MR) is 72.5 cm³/mol. The summed E-state index contributed by atoms with van der Waals surface area (Å²) in [7, 11) is 0. The molecular weight excluding hydrogens is 202 g/mol. The van der Waals surface area contributed by atoms with Crippen LogP contribution in [-0.2, 0) is 4.79 Å². The van der Waals surface area contributed by atoms with Gasteiger partial charge < -0.3 is 16.0 Å². The van der Waals surface area contributed by atoms with Crippen LogP contribution in [0.2, 0.25) is 0 Å². The number of carbonyl (C=O) groups excluding carboxylic acids is 1. The summed E-state index contributed by atoms with van der Waals surface area (Å²) in [5, 5.41) is 2.57. The molecule has 1 amide bonds. The van der Waals surface area contributed by atoms with Crippen LogP contribution in [0.5, 0.6) is 0 Å². The highest BCUT2D eigenvalue weighted by atomic mass is 16.1. The van der Waals surface area contributed by atoms with E-state index in [4.69, 9.17) is 5.73 Å². The van der Waals surface area contributed by atoms with Crippen LogP contribution < -0.4 is 11.1 Å². The summed E-state index contributed by atoms with van der Waals surface area (Å²) in [5.41, 5.74) is 4.85. The lowest BCUT2D eigenvalue weighted by molar-refractivity contribution is -0.118. The number of nitrogens with zero attached hydrogens (tertiary/aromatic N) is 1. The Kier molecular flexibility index (Phi) is 25.8. The van der Waals surface area contributed by atoms with Gasteiger partial charge in [0.2, 0.25) is 5.91 Å². The molecule has 0 radical (unpaired) electrons. The number of nitrogens with one attached hydrogen (secondary N) is 1. The van der Waals surface area contributed by atoms with Gasteiger partial charge in [0.15, 0.2) is 0 Å². The highest BCUT2D eigenvalue weighted by Gasteiger charge is 1.89. The lowest BCUT2D eigenvalue weighted by atomic mass is 10.5. The van der Waals surface area contributed by atoms with E-state index in [0.29, 0.717) is 0 Å². The highest BCUT2D eigenvalue weighted by Crippen LogP contribution is 1.81. The molecule has 0 spiro atoms. The molecule has 0 aliphatic rings. The Morgan fingerprint density at radius 3 is 1.38 bits per heavy atom. The molecule has 4 heteroatoms. The molecule has 0 bridgehead atoms. The monoisotopic (exact) mass is 233 g/mol. The fraction of sp³-hybridized carbons (Fsp3) is 0.917. The minimum Gasteiger partial charge on any atom is -0.357 e. The van der Waals surface area contributed by atoms with Crippen molar-refractivity contribution in [2.24, 2.45) is 5.73 Å². The van der Waals surface area contributed by atoms with Crippen molar-refractivity contribution < 1.29 is 4.79 Å². The van der Waals surface area contributed by atoms with Gasteiger partial charge in [0.25, 0.3) is 0 Å². The summed E-state index contributed by atoms with van der Waals surface area (Å²) in [5.74, 6) is 0.0394. The standard InChI is InChI=1S/C6H15N.C4H9NO.C2H7N/c1-4-7(5-2)6-3;1-3-5-4(2)6;1-2-3/h4-6H2,1-3H3;3H2,1-2H3,(H,5,6);2-3H2,1H3. The summed E-state index contributed by atoms with van der Waals surface area (Å²) in [4.78, 5) is 12.3. The Hall–Kier alpha value is -0.610. The Balaban J connectivity index is -0.000000172. The molecule has 3 N–H and O–H groups in total. The largest absolute Gasteiger partial charge is 0.357 e. The van der Waals surface area contributed by atoms with Gasteiger partial charge >= 0.3 is 0 Å². The molecule has 0 atom stereocenters. The molecule has 0 unspecified atom stereocenters. The highest BCUT2D eigenvalue weighted by molar-refractivity contribution is 5.72. The lowest BCUT2D eigenvalue weighted by Gasteiger charge is -2.13. The fourth-order valence-corrected chi connectivity index (χ4v) is 0.920. The van der Waals surface area contributed by atoms with Crippen molar-refractivity contribution in [3.05, 3.63) is 0 Å². The minimum absolute atomic E-state index is 0.0394. The Bertz CT molecular complexity index is 120. The number of nitrogens with two attached hydrogens (primary N) is 1. The third-order valence-corrected chi connectivity index (χ3v) is 1.77. The van der Waals surface area contributed by atoms with Gasteiger partial charge in [-0.05, 0) is 33.1 Å². The minimum atomic E-state index is 0.0394. The van der Waals surface area contributed by atoms with E-state index in [-0.39, 0.29) is 5.91 Å². The third-order valence-electron chi connectivity index (χ3n) is 1.77. The molecule has 100 valence electrons. The predicted octanol–water partition coefficient (Wildman–Crippen LogP) is 1.46. The van der Waals surface area contributed by atoms with Crippen molar-refractivity contribution in [2.45, 2.75) is 41.5 Å². The van der Waals surface area contributed by atoms with E-state index in [1.165, 1.54) is 26.6 Å². The van der Waals surface area contributed by atoms with E-state index in [9.17, 15) is 4.79 Å². The molecule has 4 nitrogen and oxygen atoms in total. The van der Waals surface area contributed by atoms with Gasteiger partial charge in [0, 0.05) is 13.5 Å². The van der Waals surface area contributed by atoms with E-state index in [2.05, 4.69) is 31.0 Å². The second-order valence-electron chi connectivity index (χ2n) is 3.11. The second-order valence-corrected chi connectivity index (χ2v) is 3.11. The van der Waals surface area contributed by atoms with Crippen LogP contribution >= 0.6 is 0 Å². The zero-order valence-electron chi connectivity index (χ0n) is 12.0. The van der Waals surface area contributed by atoms with Crippen molar-refractivity contribution in [3.63, 3.8) is 0 Å². The first-order valence-corrected chi connectivity index (χ1v) is 6.20. The van der Waals surface area contributed by atoms with Crippen LogP contribution in [0.4, 0.5) is 0 Å². The van der Waals surface area contributed by atoms with Gasteiger partial charge in [0.05, 0.1) is 0 Å². The van der Waals surface area contributed by atoms with Gasteiger partial charge in [-0.3, -0.25) is 4.79 Å². The molecule has 0 aromatic carbocycles. The van der Waals surface area contributed by atoms with Crippen molar-refractivity contribution in [1.82, 2.24) is 10.2 Å². The van der Waals surface area contributed by atoms with E-state index < -0.39 is 0 Å². The van der Waals surface area contributed by atoms with Crippen molar-refractivity contribution >= 4 is 5.91 Å². The third kappa shape index (κ3) is 29.2. The van der Waals surface area contributed by atoms with Crippen LogP contribution in [0.3, 0.4) is 0 Å². The van der Waals surface area contributed by atoms with E-state index in [1.54, 1.807) is 0 Å². The van der Waals surface area contributed by atoms with Gasteiger partial charge in [-0.25, -0.2) is 0 Å². The molecular formula is C12H31N3O. The van der Waals surface area contributed by atoms with Crippen LogP contribution in [-0.4, -0.2) is 43.5 Å². The zero-order valence-corrected chi connectivity index (χ0v) is 12.0. The number of hydrogen-bond donors (Lipinski definition) is 2. The first-order chi connectivity index (χ1) is 7.53. The summed E-state index contributed by atoms with van der Waals surface area (Å²) >= 11 is 0. The first-order valence-electron chi connectivity index (χ1n) is 6.20. The van der Waals surface area contributed by atoms with Crippen LogP contribution in [0.15, 0.2) is 0 Å². The summed E-state index contributed by atoms with van der Waals surface area (Å²) in [6, 6.07) is 0. The Morgan fingerprint density at radius 2 is 1.38 bits per heavy atom. The summed E-state index contributed by atoms with van der Waals surface area (Å²) in [6.45, 7) is 16.9. The molecule has 0 aromatic rings.